The maximum absolute atomic E-state index is 12.2. The molecule has 1 aromatic rings. The Labute approximate surface area is 138 Å². The number of para-hydroxylation sites is 2. The van der Waals surface area contributed by atoms with E-state index in [0.717, 1.165) is 44.1 Å². The molecule has 1 heterocycles. The number of rotatable bonds is 7. The van der Waals surface area contributed by atoms with Crippen LogP contribution in [-0.2, 0) is 9.53 Å². The van der Waals surface area contributed by atoms with Gasteiger partial charge in [-0.1, -0.05) is 19.1 Å². The van der Waals surface area contributed by atoms with E-state index in [1.807, 2.05) is 18.2 Å². The molecular weight excluding hydrogens is 292 g/mol. The molecule has 6 nitrogen and oxygen atoms in total. The van der Waals surface area contributed by atoms with Crippen molar-refractivity contribution in [1.29, 1.82) is 0 Å². The Morgan fingerprint density at radius 1 is 1.30 bits per heavy atom. The molecule has 1 amide bonds. The highest BCUT2D eigenvalue weighted by atomic mass is 16.5. The molecular formula is C17H28N4O2. The minimum Gasteiger partial charge on any atom is -0.380 e. The quantitative estimate of drug-likeness (QED) is 0.788. The number of carbonyl (C=O) groups excluding carboxylic acids is 1. The Morgan fingerprint density at radius 2 is 2.00 bits per heavy atom. The average Bonchev–Trinajstić information content (AvgIpc) is 2.60. The molecule has 0 spiro atoms. The molecule has 0 bridgehead atoms. The van der Waals surface area contributed by atoms with Crippen molar-refractivity contribution in [3.63, 3.8) is 0 Å². The molecule has 1 saturated heterocycles. The first-order valence-corrected chi connectivity index (χ1v) is 8.27. The van der Waals surface area contributed by atoms with E-state index in [0.29, 0.717) is 6.54 Å². The lowest BCUT2D eigenvalue weighted by Crippen LogP contribution is -2.46. The Balaban J connectivity index is 2.01. The zero-order chi connectivity index (χ0) is 16.7. The molecule has 1 unspecified atom stereocenters. The van der Waals surface area contributed by atoms with Crippen molar-refractivity contribution in [3.8, 4) is 0 Å². The van der Waals surface area contributed by atoms with Crippen molar-refractivity contribution in [2.75, 3.05) is 56.6 Å². The number of nitrogens with one attached hydrogen (secondary N) is 1. The van der Waals surface area contributed by atoms with Crippen molar-refractivity contribution < 1.29 is 9.53 Å². The Kier molecular flexibility index (Phi) is 6.83. The number of hydrogen-bond donors (Lipinski definition) is 2. The monoisotopic (exact) mass is 320 g/mol. The summed E-state index contributed by atoms with van der Waals surface area (Å²) in [6.07, 6.45) is 0.0283. The SMILES string of the molecule is CCN1CCN(c2ccccc2NC(=O)CC(CN)OC)CC1. The molecule has 0 aliphatic carbocycles. The highest BCUT2D eigenvalue weighted by Gasteiger charge is 2.19. The van der Waals surface area contributed by atoms with E-state index in [9.17, 15) is 4.79 Å². The van der Waals surface area contributed by atoms with Gasteiger partial charge in [-0.25, -0.2) is 0 Å². The molecule has 1 atom stereocenters. The number of likely N-dealkylation sites (N-methyl/N-ethyl adjacent to an activating group) is 1. The number of benzene rings is 1. The molecule has 1 fully saturated rings. The number of methoxy groups -OCH3 is 1. The van der Waals surface area contributed by atoms with Crippen molar-refractivity contribution in [1.82, 2.24) is 4.90 Å². The summed E-state index contributed by atoms with van der Waals surface area (Å²) in [7, 11) is 1.58. The van der Waals surface area contributed by atoms with Gasteiger partial charge in [-0.05, 0) is 18.7 Å². The second-order valence-corrected chi connectivity index (χ2v) is 5.78. The van der Waals surface area contributed by atoms with Gasteiger partial charge in [0.15, 0.2) is 0 Å². The fourth-order valence-corrected chi connectivity index (χ4v) is 2.83. The number of hydrogen-bond acceptors (Lipinski definition) is 5. The van der Waals surface area contributed by atoms with Crippen LogP contribution in [0.5, 0.6) is 0 Å². The minimum atomic E-state index is -0.240. The molecule has 6 heteroatoms. The van der Waals surface area contributed by atoms with E-state index in [-0.39, 0.29) is 18.4 Å². The number of carbonyl (C=O) groups is 1. The zero-order valence-electron chi connectivity index (χ0n) is 14.1. The molecule has 23 heavy (non-hydrogen) atoms. The van der Waals surface area contributed by atoms with Crippen LogP contribution in [0.25, 0.3) is 0 Å². The molecule has 2 rings (SSSR count). The number of nitrogens with zero attached hydrogens (tertiary/aromatic N) is 2. The van der Waals surface area contributed by atoms with Crippen LogP contribution in [0, 0.1) is 0 Å². The lowest BCUT2D eigenvalue weighted by Gasteiger charge is -2.36. The van der Waals surface area contributed by atoms with Gasteiger partial charge in [0.1, 0.15) is 0 Å². The summed E-state index contributed by atoms with van der Waals surface area (Å²) in [5, 5.41) is 3.00. The predicted molar refractivity (Wildman–Crippen MR) is 93.9 cm³/mol. The summed E-state index contributed by atoms with van der Waals surface area (Å²) >= 11 is 0. The van der Waals surface area contributed by atoms with Gasteiger partial charge in [0, 0.05) is 39.8 Å². The smallest absolute Gasteiger partial charge is 0.227 e. The molecule has 1 aromatic carbocycles. The largest absolute Gasteiger partial charge is 0.380 e. The van der Waals surface area contributed by atoms with E-state index in [4.69, 9.17) is 10.5 Å². The van der Waals surface area contributed by atoms with E-state index in [1.54, 1.807) is 7.11 Å². The van der Waals surface area contributed by atoms with Gasteiger partial charge in [-0.2, -0.15) is 0 Å². The summed E-state index contributed by atoms with van der Waals surface area (Å²) in [5.41, 5.74) is 7.52. The van der Waals surface area contributed by atoms with E-state index in [2.05, 4.69) is 28.1 Å². The van der Waals surface area contributed by atoms with Crippen molar-refractivity contribution in [3.05, 3.63) is 24.3 Å². The van der Waals surface area contributed by atoms with Crippen LogP contribution in [0.4, 0.5) is 11.4 Å². The topological polar surface area (TPSA) is 70.8 Å². The van der Waals surface area contributed by atoms with Crippen LogP contribution < -0.4 is 16.0 Å². The maximum atomic E-state index is 12.2. The molecule has 0 saturated carbocycles. The third-order valence-corrected chi connectivity index (χ3v) is 4.35. The van der Waals surface area contributed by atoms with Gasteiger partial charge in [0.2, 0.25) is 5.91 Å². The van der Waals surface area contributed by atoms with Gasteiger partial charge >= 0.3 is 0 Å². The second kappa shape index (κ2) is 8.86. The number of piperazine rings is 1. The molecule has 0 radical (unpaired) electrons. The normalized spacial score (nSPS) is 17.1. The first-order chi connectivity index (χ1) is 11.2. The third-order valence-electron chi connectivity index (χ3n) is 4.35. The van der Waals surface area contributed by atoms with Crippen LogP contribution in [0.1, 0.15) is 13.3 Å². The lowest BCUT2D eigenvalue weighted by molar-refractivity contribution is -0.118. The van der Waals surface area contributed by atoms with E-state index in [1.165, 1.54) is 0 Å². The van der Waals surface area contributed by atoms with Crippen molar-refractivity contribution >= 4 is 17.3 Å². The van der Waals surface area contributed by atoms with Gasteiger partial charge in [0.05, 0.1) is 23.9 Å². The Morgan fingerprint density at radius 3 is 2.61 bits per heavy atom. The molecule has 1 aliphatic rings. The second-order valence-electron chi connectivity index (χ2n) is 5.78. The van der Waals surface area contributed by atoms with Crippen LogP contribution >= 0.6 is 0 Å². The van der Waals surface area contributed by atoms with E-state index >= 15 is 0 Å². The standard InChI is InChI=1S/C17H28N4O2/c1-3-20-8-10-21(11-9-20)16-7-5-4-6-15(16)19-17(22)12-14(13-18)23-2/h4-7,14H,3,8-13,18H2,1-2H3,(H,19,22). The number of anilines is 2. The average molecular weight is 320 g/mol. The van der Waals surface area contributed by atoms with Crippen molar-refractivity contribution in [2.45, 2.75) is 19.4 Å². The summed E-state index contributed by atoms with van der Waals surface area (Å²) in [6, 6.07) is 7.96. The number of amides is 1. The van der Waals surface area contributed by atoms with Crippen LogP contribution in [0.3, 0.4) is 0 Å². The van der Waals surface area contributed by atoms with Crippen molar-refractivity contribution in [2.24, 2.45) is 5.73 Å². The highest BCUT2D eigenvalue weighted by molar-refractivity contribution is 5.94. The predicted octanol–water partition coefficient (Wildman–Crippen LogP) is 1.13. The molecule has 1 aliphatic heterocycles. The van der Waals surface area contributed by atoms with Gasteiger partial charge in [-0.3, -0.25) is 4.79 Å². The Bertz CT molecular complexity index is 497. The summed E-state index contributed by atoms with van der Waals surface area (Å²) in [5.74, 6) is -0.0676. The molecule has 128 valence electrons. The highest BCUT2D eigenvalue weighted by Crippen LogP contribution is 2.26. The maximum Gasteiger partial charge on any atom is 0.227 e. The number of nitrogens with two attached hydrogens (primary N) is 1. The van der Waals surface area contributed by atoms with Crippen LogP contribution in [0.15, 0.2) is 24.3 Å². The minimum absolute atomic E-state index is 0.0676. The van der Waals surface area contributed by atoms with Crippen LogP contribution in [-0.4, -0.2) is 63.3 Å². The first-order valence-electron chi connectivity index (χ1n) is 8.27. The zero-order valence-corrected chi connectivity index (χ0v) is 14.1. The summed E-state index contributed by atoms with van der Waals surface area (Å²) in [4.78, 5) is 17.0. The summed E-state index contributed by atoms with van der Waals surface area (Å²) < 4.78 is 5.18. The van der Waals surface area contributed by atoms with Gasteiger partial charge < -0.3 is 25.6 Å². The fourth-order valence-electron chi connectivity index (χ4n) is 2.83. The lowest BCUT2D eigenvalue weighted by atomic mass is 10.2. The number of ether oxygens (including phenoxy) is 1. The fraction of sp³-hybridized carbons (Fsp3) is 0.588. The van der Waals surface area contributed by atoms with Crippen LogP contribution in [0.2, 0.25) is 0 Å². The molecule has 3 N–H and O–H groups in total. The summed E-state index contributed by atoms with van der Waals surface area (Å²) in [6.45, 7) is 7.67. The van der Waals surface area contributed by atoms with Gasteiger partial charge in [-0.15, -0.1) is 0 Å². The Hall–Kier alpha value is -1.63. The van der Waals surface area contributed by atoms with Gasteiger partial charge in [0.25, 0.3) is 0 Å². The third kappa shape index (κ3) is 4.92. The first kappa shape index (κ1) is 17.7. The van der Waals surface area contributed by atoms with E-state index < -0.39 is 0 Å². The molecule has 0 aromatic heterocycles.